The van der Waals surface area contributed by atoms with Crippen LogP contribution in [-0.2, 0) is 6.42 Å². The second kappa shape index (κ2) is 5.92. The summed E-state index contributed by atoms with van der Waals surface area (Å²) in [7, 11) is 0. The summed E-state index contributed by atoms with van der Waals surface area (Å²) in [5, 5.41) is 2.38. The van der Waals surface area contributed by atoms with Crippen LogP contribution in [0.2, 0.25) is 0 Å². The topological polar surface area (TPSA) is 12.4 Å². The number of thiocarbonyl (C=S) groups is 1. The standard InChI is InChI=1S/C10H11NS2/c1-13-10-5-3-2-4-9(10)6-7-11-8-12/h2-5H,6-7H2,1H3. The zero-order chi connectivity index (χ0) is 9.52. The minimum Gasteiger partial charge on any atom is -0.232 e. The van der Waals surface area contributed by atoms with E-state index in [1.54, 1.807) is 11.8 Å². The number of isothiocyanates is 1. The van der Waals surface area contributed by atoms with Gasteiger partial charge in [-0.3, -0.25) is 0 Å². The van der Waals surface area contributed by atoms with Crippen molar-refractivity contribution in [3.8, 4) is 0 Å². The first-order valence-corrected chi connectivity index (χ1v) is 5.67. The fraction of sp³-hybridized carbons (Fsp3) is 0.300. The van der Waals surface area contributed by atoms with Gasteiger partial charge < -0.3 is 0 Å². The van der Waals surface area contributed by atoms with Crippen LogP contribution in [-0.4, -0.2) is 18.0 Å². The maximum atomic E-state index is 4.51. The minimum absolute atomic E-state index is 0.737. The third-order valence-corrected chi connectivity index (χ3v) is 2.72. The largest absolute Gasteiger partial charge is 0.232 e. The maximum absolute atomic E-state index is 4.51. The smallest absolute Gasteiger partial charge is 0.0585 e. The minimum atomic E-state index is 0.737. The van der Waals surface area contributed by atoms with Gasteiger partial charge in [0.05, 0.1) is 11.7 Å². The van der Waals surface area contributed by atoms with Crippen molar-refractivity contribution in [2.45, 2.75) is 11.3 Å². The van der Waals surface area contributed by atoms with Gasteiger partial charge >= 0.3 is 0 Å². The Morgan fingerprint density at radius 1 is 1.46 bits per heavy atom. The molecule has 0 aliphatic rings. The number of thioether (sulfide) groups is 1. The molecule has 0 aliphatic carbocycles. The molecular formula is C10H11NS2. The Hall–Kier alpha value is -0.630. The Morgan fingerprint density at radius 2 is 2.23 bits per heavy atom. The zero-order valence-corrected chi connectivity index (χ0v) is 9.12. The lowest BCUT2D eigenvalue weighted by molar-refractivity contribution is 0.952. The van der Waals surface area contributed by atoms with Crippen molar-refractivity contribution in [2.75, 3.05) is 12.8 Å². The van der Waals surface area contributed by atoms with Crippen molar-refractivity contribution in [3.05, 3.63) is 29.8 Å². The van der Waals surface area contributed by atoms with Gasteiger partial charge in [0.15, 0.2) is 0 Å². The van der Waals surface area contributed by atoms with E-state index in [9.17, 15) is 0 Å². The number of rotatable bonds is 4. The van der Waals surface area contributed by atoms with Gasteiger partial charge in [0.1, 0.15) is 0 Å². The summed E-state index contributed by atoms with van der Waals surface area (Å²) in [5.74, 6) is 0. The summed E-state index contributed by atoms with van der Waals surface area (Å²) in [6.07, 6.45) is 3.03. The fourth-order valence-electron chi connectivity index (χ4n) is 1.13. The van der Waals surface area contributed by atoms with Gasteiger partial charge in [-0.1, -0.05) is 18.2 Å². The molecule has 0 saturated carbocycles. The van der Waals surface area contributed by atoms with Crippen molar-refractivity contribution >= 4 is 29.1 Å². The maximum Gasteiger partial charge on any atom is 0.0585 e. The first kappa shape index (κ1) is 10.5. The second-order valence-corrected chi connectivity index (χ2v) is 3.57. The van der Waals surface area contributed by atoms with Crippen LogP contribution < -0.4 is 0 Å². The molecule has 0 spiro atoms. The molecule has 13 heavy (non-hydrogen) atoms. The molecule has 0 aromatic heterocycles. The molecule has 0 atom stereocenters. The summed E-state index contributed by atoms with van der Waals surface area (Å²) in [6, 6.07) is 8.36. The van der Waals surface area contributed by atoms with Gasteiger partial charge in [-0.2, -0.15) is 0 Å². The molecule has 0 amide bonds. The summed E-state index contributed by atoms with van der Waals surface area (Å²) in [6.45, 7) is 0.737. The molecule has 0 radical (unpaired) electrons. The summed E-state index contributed by atoms with van der Waals surface area (Å²) in [4.78, 5) is 5.22. The van der Waals surface area contributed by atoms with Gasteiger partial charge in [0.2, 0.25) is 0 Å². The molecule has 1 rings (SSSR count). The molecule has 0 bridgehead atoms. The lowest BCUT2D eigenvalue weighted by atomic mass is 10.1. The molecule has 1 aromatic rings. The molecule has 0 aliphatic heterocycles. The highest BCUT2D eigenvalue weighted by Crippen LogP contribution is 2.19. The monoisotopic (exact) mass is 209 g/mol. The Bertz CT molecular complexity index is 316. The van der Waals surface area contributed by atoms with E-state index in [0.29, 0.717) is 0 Å². The predicted octanol–water partition coefficient (Wildman–Crippen LogP) is 3.05. The van der Waals surface area contributed by atoms with E-state index in [-0.39, 0.29) is 0 Å². The zero-order valence-electron chi connectivity index (χ0n) is 7.49. The van der Waals surface area contributed by atoms with Gasteiger partial charge in [0, 0.05) is 4.90 Å². The van der Waals surface area contributed by atoms with Gasteiger partial charge in [0.25, 0.3) is 0 Å². The molecule has 1 aromatic carbocycles. The van der Waals surface area contributed by atoms with E-state index in [1.165, 1.54) is 10.5 Å². The van der Waals surface area contributed by atoms with E-state index in [1.807, 2.05) is 0 Å². The van der Waals surface area contributed by atoms with Crippen molar-refractivity contribution in [3.63, 3.8) is 0 Å². The molecule has 0 unspecified atom stereocenters. The number of benzene rings is 1. The van der Waals surface area contributed by atoms with Crippen molar-refractivity contribution in [1.82, 2.24) is 0 Å². The highest BCUT2D eigenvalue weighted by molar-refractivity contribution is 7.98. The Balaban J connectivity index is 2.69. The van der Waals surface area contributed by atoms with Crippen LogP contribution in [0.15, 0.2) is 34.2 Å². The third kappa shape index (κ3) is 3.31. The van der Waals surface area contributed by atoms with Crippen LogP contribution in [0.3, 0.4) is 0 Å². The molecule has 0 saturated heterocycles. The van der Waals surface area contributed by atoms with Crippen LogP contribution in [0.1, 0.15) is 5.56 Å². The molecule has 1 nitrogen and oxygen atoms in total. The Morgan fingerprint density at radius 3 is 2.92 bits per heavy atom. The lowest BCUT2D eigenvalue weighted by Gasteiger charge is -2.03. The van der Waals surface area contributed by atoms with Gasteiger partial charge in [-0.25, -0.2) is 4.99 Å². The molecule has 68 valence electrons. The molecular weight excluding hydrogens is 198 g/mol. The quantitative estimate of drug-likeness (QED) is 0.429. The summed E-state index contributed by atoms with van der Waals surface area (Å²) in [5.41, 5.74) is 1.34. The van der Waals surface area contributed by atoms with Crippen molar-refractivity contribution in [2.24, 2.45) is 4.99 Å². The van der Waals surface area contributed by atoms with Gasteiger partial charge in [-0.15, -0.1) is 11.8 Å². The number of nitrogens with zero attached hydrogens (tertiary/aromatic N) is 1. The third-order valence-electron chi connectivity index (χ3n) is 1.75. The van der Waals surface area contributed by atoms with Crippen LogP contribution >= 0.6 is 24.0 Å². The predicted molar refractivity (Wildman–Crippen MR) is 61.8 cm³/mol. The van der Waals surface area contributed by atoms with Crippen molar-refractivity contribution in [1.29, 1.82) is 0 Å². The summed E-state index contributed by atoms with van der Waals surface area (Å²) < 4.78 is 0. The van der Waals surface area contributed by atoms with E-state index >= 15 is 0 Å². The van der Waals surface area contributed by atoms with E-state index in [2.05, 4.69) is 52.9 Å². The van der Waals surface area contributed by atoms with Crippen LogP contribution in [0.4, 0.5) is 0 Å². The highest BCUT2D eigenvalue weighted by atomic mass is 32.2. The molecule has 0 N–H and O–H groups in total. The second-order valence-electron chi connectivity index (χ2n) is 2.53. The normalized spacial score (nSPS) is 9.31. The number of hydrogen-bond acceptors (Lipinski definition) is 3. The van der Waals surface area contributed by atoms with Crippen LogP contribution in [0, 0.1) is 0 Å². The van der Waals surface area contributed by atoms with Crippen LogP contribution in [0.25, 0.3) is 0 Å². The average molecular weight is 209 g/mol. The van der Waals surface area contributed by atoms with Crippen LogP contribution in [0.5, 0.6) is 0 Å². The Labute approximate surface area is 88.3 Å². The number of aliphatic imine (C=N–C) groups is 1. The van der Waals surface area contributed by atoms with E-state index in [0.717, 1.165) is 13.0 Å². The average Bonchev–Trinajstić information content (AvgIpc) is 2.19. The summed E-state index contributed by atoms with van der Waals surface area (Å²) >= 11 is 6.27. The highest BCUT2D eigenvalue weighted by Gasteiger charge is 1.98. The SMILES string of the molecule is CSc1ccccc1CCN=C=S. The van der Waals surface area contributed by atoms with E-state index < -0.39 is 0 Å². The van der Waals surface area contributed by atoms with Gasteiger partial charge in [-0.05, 0) is 36.5 Å². The fourth-order valence-corrected chi connectivity index (χ4v) is 1.87. The van der Waals surface area contributed by atoms with E-state index in [4.69, 9.17) is 0 Å². The molecule has 0 heterocycles. The molecule has 0 fully saturated rings. The first-order chi connectivity index (χ1) is 6.38. The Kier molecular flexibility index (Phi) is 4.76. The first-order valence-electron chi connectivity index (χ1n) is 4.04. The molecule has 3 heteroatoms. The van der Waals surface area contributed by atoms with Crippen molar-refractivity contribution < 1.29 is 0 Å². The number of hydrogen-bond donors (Lipinski definition) is 0. The lowest BCUT2D eigenvalue weighted by Crippen LogP contribution is -1.91.